The Morgan fingerprint density at radius 1 is 1.38 bits per heavy atom. The van der Waals surface area contributed by atoms with Crippen molar-refractivity contribution in [1.82, 2.24) is 14.5 Å². The van der Waals surface area contributed by atoms with Crippen molar-refractivity contribution in [2.24, 2.45) is 5.41 Å². The van der Waals surface area contributed by atoms with Crippen molar-refractivity contribution in [3.63, 3.8) is 0 Å². The SMILES string of the molecule is Cc1nc([N+](=O)[O-])cn1CCC(=O)N1CCCCC[C@H]1C(C)(C)C. The second-order valence-electron chi connectivity index (χ2n) is 7.67. The normalized spacial score (nSPS) is 19.2. The fourth-order valence-electron chi connectivity index (χ4n) is 3.47. The molecular formula is C17H28N4O3. The van der Waals surface area contributed by atoms with Crippen molar-refractivity contribution in [3.8, 4) is 0 Å². The van der Waals surface area contributed by atoms with Gasteiger partial charge in [0.1, 0.15) is 6.20 Å². The monoisotopic (exact) mass is 336 g/mol. The fraction of sp³-hybridized carbons (Fsp3) is 0.765. The van der Waals surface area contributed by atoms with Crippen LogP contribution in [0.25, 0.3) is 0 Å². The van der Waals surface area contributed by atoms with Gasteiger partial charge in [0.05, 0.1) is 0 Å². The third-order valence-electron chi connectivity index (χ3n) is 4.79. The summed E-state index contributed by atoms with van der Waals surface area (Å²) in [5.41, 5.74) is 0.0592. The van der Waals surface area contributed by atoms with E-state index in [-0.39, 0.29) is 23.2 Å². The van der Waals surface area contributed by atoms with Crippen LogP contribution in [0.5, 0.6) is 0 Å². The van der Waals surface area contributed by atoms with Gasteiger partial charge in [-0.05, 0) is 28.2 Å². The Morgan fingerprint density at radius 2 is 2.08 bits per heavy atom. The molecule has 0 radical (unpaired) electrons. The quantitative estimate of drug-likeness (QED) is 0.624. The minimum atomic E-state index is -0.504. The van der Waals surface area contributed by atoms with E-state index in [4.69, 9.17) is 0 Å². The molecule has 0 bridgehead atoms. The van der Waals surface area contributed by atoms with Crippen LogP contribution in [0.2, 0.25) is 0 Å². The first-order valence-corrected chi connectivity index (χ1v) is 8.68. The summed E-state index contributed by atoms with van der Waals surface area (Å²) in [6, 6.07) is 0.255. The number of likely N-dealkylation sites (tertiary alicyclic amines) is 1. The van der Waals surface area contributed by atoms with Crippen LogP contribution < -0.4 is 0 Å². The molecule has 1 aliphatic rings. The van der Waals surface area contributed by atoms with Crippen LogP contribution in [0.15, 0.2) is 6.20 Å². The largest absolute Gasteiger partial charge is 0.381 e. The number of rotatable bonds is 4. The average Bonchev–Trinajstić information content (AvgIpc) is 2.71. The maximum absolute atomic E-state index is 12.8. The summed E-state index contributed by atoms with van der Waals surface area (Å²) in [5, 5.41) is 10.8. The number of hydrogen-bond acceptors (Lipinski definition) is 4. The standard InChI is InChI=1S/C17H28N4O3/c1-13-18-15(21(23)24)12-19(13)11-9-16(22)20-10-7-5-6-8-14(20)17(2,3)4/h12,14H,5-11H2,1-4H3/t14-/m0/s1. The first-order valence-electron chi connectivity index (χ1n) is 8.68. The van der Waals surface area contributed by atoms with Crippen LogP contribution in [0.1, 0.15) is 58.7 Å². The molecule has 134 valence electrons. The number of nitro groups is 1. The van der Waals surface area contributed by atoms with Crippen LogP contribution in [0.3, 0.4) is 0 Å². The smallest absolute Gasteiger partial charge is 0.358 e. The van der Waals surface area contributed by atoms with Gasteiger partial charge in [0.2, 0.25) is 11.7 Å². The van der Waals surface area contributed by atoms with Crippen LogP contribution in [0, 0.1) is 22.5 Å². The Balaban J connectivity index is 2.05. The molecule has 0 saturated carbocycles. The lowest BCUT2D eigenvalue weighted by molar-refractivity contribution is -0.389. The lowest BCUT2D eigenvalue weighted by atomic mass is 9.83. The Bertz CT molecular complexity index is 603. The van der Waals surface area contributed by atoms with Crippen molar-refractivity contribution >= 4 is 11.7 Å². The molecular weight excluding hydrogens is 308 g/mol. The molecule has 1 saturated heterocycles. The molecule has 1 aromatic rings. The minimum absolute atomic E-state index is 0.0592. The van der Waals surface area contributed by atoms with E-state index in [1.807, 2.05) is 4.90 Å². The molecule has 1 amide bonds. The molecule has 2 heterocycles. The third kappa shape index (κ3) is 4.33. The zero-order valence-electron chi connectivity index (χ0n) is 15.1. The van der Waals surface area contributed by atoms with Gasteiger partial charge in [-0.3, -0.25) is 4.79 Å². The van der Waals surface area contributed by atoms with Gasteiger partial charge in [-0.1, -0.05) is 33.6 Å². The van der Waals surface area contributed by atoms with E-state index in [1.165, 1.54) is 19.0 Å². The Morgan fingerprint density at radius 3 is 2.67 bits per heavy atom. The third-order valence-corrected chi connectivity index (χ3v) is 4.79. The first kappa shape index (κ1) is 18.4. The molecule has 1 aromatic heterocycles. The fourth-order valence-corrected chi connectivity index (χ4v) is 3.47. The van der Waals surface area contributed by atoms with Crippen molar-refractivity contribution in [1.29, 1.82) is 0 Å². The van der Waals surface area contributed by atoms with Crippen LogP contribution in [-0.2, 0) is 11.3 Å². The number of carbonyl (C=O) groups excluding carboxylic acids is 1. The molecule has 2 rings (SSSR count). The van der Waals surface area contributed by atoms with Crippen molar-refractivity contribution in [2.45, 2.75) is 72.4 Å². The average molecular weight is 336 g/mol. The van der Waals surface area contributed by atoms with Crippen LogP contribution in [-0.4, -0.2) is 37.9 Å². The summed E-state index contributed by atoms with van der Waals surface area (Å²) in [4.78, 5) is 29.0. The summed E-state index contributed by atoms with van der Waals surface area (Å²) < 4.78 is 1.69. The van der Waals surface area contributed by atoms with Crippen molar-refractivity contribution in [3.05, 3.63) is 22.1 Å². The lowest BCUT2D eigenvalue weighted by Gasteiger charge is -2.39. The zero-order chi connectivity index (χ0) is 17.9. The molecule has 0 unspecified atom stereocenters. The lowest BCUT2D eigenvalue weighted by Crippen LogP contribution is -2.47. The molecule has 7 nitrogen and oxygen atoms in total. The Labute approximate surface area is 143 Å². The molecule has 1 aliphatic heterocycles. The van der Waals surface area contributed by atoms with Gasteiger partial charge in [-0.2, -0.15) is 0 Å². The maximum atomic E-state index is 12.8. The van der Waals surface area contributed by atoms with E-state index >= 15 is 0 Å². The number of carbonyl (C=O) groups is 1. The van der Waals surface area contributed by atoms with Gasteiger partial charge in [-0.25, -0.2) is 0 Å². The van der Waals surface area contributed by atoms with E-state index in [9.17, 15) is 14.9 Å². The van der Waals surface area contributed by atoms with Crippen LogP contribution >= 0.6 is 0 Å². The van der Waals surface area contributed by atoms with E-state index in [0.717, 1.165) is 19.4 Å². The second kappa shape index (κ2) is 7.32. The van der Waals surface area contributed by atoms with Crippen LogP contribution in [0.4, 0.5) is 5.82 Å². The van der Waals surface area contributed by atoms with Gasteiger partial charge in [0.25, 0.3) is 0 Å². The highest BCUT2D eigenvalue weighted by atomic mass is 16.6. The number of aromatic nitrogens is 2. The van der Waals surface area contributed by atoms with Crippen molar-refractivity contribution < 1.29 is 9.72 Å². The van der Waals surface area contributed by atoms with Gasteiger partial charge in [0, 0.05) is 32.5 Å². The van der Waals surface area contributed by atoms with E-state index in [1.54, 1.807) is 11.5 Å². The zero-order valence-corrected chi connectivity index (χ0v) is 15.1. The maximum Gasteiger partial charge on any atom is 0.381 e. The van der Waals surface area contributed by atoms with Gasteiger partial charge >= 0.3 is 5.82 Å². The highest BCUT2D eigenvalue weighted by Gasteiger charge is 2.33. The van der Waals surface area contributed by atoms with E-state index < -0.39 is 4.92 Å². The molecule has 1 fully saturated rings. The van der Waals surface area contributed by atoms with Gasteiger partial charge < -0.3 is 19.6 Å². The summed E-state index contributed by atoms with van der Waals surface area (Å²) in [5.74, 6) is 0.535. The second-order valence-corrected chi connectivity index (χ2v) is 7.67. The Kier molecular flexibility index (Phi) is 5.62. The Hall–Kier alpha value is -1.92. The van der Waals surface area contributed by atoms with Gasteiger partial charge in [-0.15, -0.1) is 0 Å². The number of nitrogens with zero attached hydrogens (tertiary/aromatic N) is 4. The van der Waals surface area contributed by atoms with E-state index in [2.05, 4.69) is 25.8 Å². The summed E-state index contributed by atoms with van der Waals surface area (Å²) >= 11 is 0. The minimum Gasteiger partial charge on any atom is -0.358 e. The molecule has 0 spiro atoms. The number of imidazole rings is 1. The number of aryl methyl sites for hydroxylation is 2. The summed E-state index contributed by atoms with van der Waals surface area (Å²) in [6.45, 7) is 9.52. The number of amides is 1. The topological polar surface area (TPSA) is 81.3 Å². The first-order chi connectivity index (χ1) is 11.2. The highest BCUT2D eigenvalue weighted by Crippen LogP contribution is 2.31. The summed E-state index contributed by atoms with van der Waals surface area (Å²) in [7, 11) is 0. The molecule has 0 N–H and O–H groups in total. The predicted octanol–water partition coefficient (Wildman–Crippen LogP) is 3.31. The van der Waals surface area contributed by atoms with Crippen molar-refractivity contribution in [2.75, 3.05) is 6.54 Å². The molecule has 24 heavy (non-hydrogen) atoms. The molecule has 7 heteroatoms. The molecule has 0 aromatic carbocycles. The van der Waals surface area contributed by atoms with Gasteiger partial charge in [0.15, 0.2) is 0 Å². The highest BCUT2D eigenvalue weighted by molar-refractivity contribution is 5.76. The number of hydrogen-bond donors (Lipinski definition) is 0. The molecule has 1 atom stereocenters. The molecule has 0 aliphatic carbocycles. The van der Waals surface area contributed by atoms with E-state index in [0.29, 0.717) is 18.8 Å². The summed E-state index contributed by atoms with van der Waals surface area (Å²) in [6.07, 6.45) is 6.19. The predicted molar refractivity (Wildman–Crippen MR) is 91.7 cm³/mol.